The molecule has 9 atom stereocenters. The quantitative estimate of drug-likeness (QED) is 0.0138. The Labute approximate surface area is 684 Å². The van der Waals surface area contributed by atoms with Crippen molar-refractivity contribution < 1.29 is 87.7 Å². The molecule has 35 heteroatoms. The minimum Gasteiger partial charge on any atom is -0.479 e. The summed E-state index contributed by atoms with van der Waals surface area (Å²) in [4.78, 5) is 145. The predicted octanol–water partition coefficient (Wildman–Crippen LogP) is 7.25. The number of aliphatic carboxylic acids is 1. The Kier molecular flexibility index (Phi) is 25.6. The Balaban J connectivity index is 0.668. The van der Waals surface area contributed by atoms with E-state index in [1.165, 1.54) is 34.6 Å². The number of carbonyl (C=O) groups is 10. The molecular weight excluding hydrogens is 1540 g/mol. The predicted molar refractivity (Wildman–Crippen MR) is 430 cm³/mol. The number of anilines is 3. The fourth-order valence-electron chi connectivity index (χ4n) is 19.1. The lowest BCUT2D eigenvalue weighted by Crippen LogP contribution is -2.64. The molecule has 0 radical (unpaired) electrons. The summed E-state index contributed by atoms with van der Waals surface area (Å²) in [6.45, 7) is 13.9. The van der Waals surface area contributed by atoms with Gasteiger partial charge in [-0.2, -0.15) is 5.10 Å². The zero-order valence-electron chi connectivity index (χ0n) is 66.8. The molecule has 14 rings (SSSR count). The van der Waals surface area contributed by atoms with Crippen LogP contribution in [0.3, 0.4) is 0 Å². The van der Waals surface area contributed by atoms with Crippen molar-refractivity contribution in [1.82, 2.24) is 60.5 Å². The van der Waals surface area contributed by atoms with Crippen LogP contribution in [0.25, 0.3) is 21.3 Å². The van der Waals surface area contributed by atoms with E-state index in [4.69, 9.17) is 30.0 Å². The van der Waals surface area contributed by atoms with E-state index in [2.05, 4.69) is 55.7 Å². The van der Waals surface area contributed by atoms with Crippen LogP contribution in [-0.4, -0.2) is 211 Å². The van der Waals surface area contributed by atoms with E-state index in [9.17, 15) is 73.5 Å². The molecule has 4 aromatic heterocycles. The molecule has 4 bridgehead atoms. The maximum absolute atomic E-state index is 14.6. The smallest absolute Gasteiger partial charge is 0.410 e. The van der Waals surface area contributed by atoms with Crippen LogP contribution in [0.1, 0.15) is 172 Å². The van der Waals surface area contributed by atoms with Crippen molar-refractivity contribution in [2.45, 2.75) is 206 Å². The zero-order chi connectivity index (χ0) is 84.1. The monoisotopic (exact) mass is 1640 g/mol. The summed E-state index contributed by atoms with van der Waals surface area (Å²) in [6, 6.07) is 20.6. The van der Waals surface area contributed by atoms with Gasteiger partial charge in [0.25, 0.3) is 17.7 Å². The van der Waals surface area contributed by atoms with Gasteiger partial charge in [-0.25, -0.2) is 33.8 Å². The summed E-state index contributed by atoms with van der Waals surface area (Å²) in [5.41, 5.74) is 11.0. The second-order valence-electron chi connectivity index (χ2n) is 33.4. The molecule has 4 saturated carbocycles. The van der Waals surface area contributed by atoms with Gasteiger partial charge < -0.3 is 76.5 Å². The number of aliphatic hydroxyl groups is 3. The average molecular weight is 1640 g/mol. The molecule has 0 spiro atoms. The lowest BCUT2D eigenvalue weighted by atomic mass is 9.39. The van der Waals surface area contributed by atoms with Crippen LogP contribution in [-0.2, 0) is 75.5 Å². The van der Waals surface area contributed by atoms with E-state index in [1.807, 2.05) is 72.0 Å². The van der Waals surface area contributed by atoms with Gasteiger partial charge in [0, 0.05) is 92.5 Å². The third kappa shape index (κ3) is 19.3. The van der Waals surface area contributed by atoms with Crippen molar-refractivity contribution in [3.05, 3.63) is 142 Å². The second kappa shape index (κ2) is 35.6. The lowest BCUT2D eigenvalue weighted by Gasteiger charge is -2.69. The first-order valence-electron chi connectivity index (χ1n) is 40.0. The largest absolute Gasteiger partial charge is 0.479 e. The number of urea groups is 1. The molecule has 3 aromatic carbocycles. The van der Waals surface area contributed by atoms with Crippen LogP contribution >= 0.6 is 11.3 Å². The van der Waals surface area contributed by atoms with Crippen molar-refractivity contribution in [1.29, 1.82) is 0 Å². The maximum atomic E-state index is 14.6. The number of nitrogens with zero attached hydrogens (tertiary/aromatic N) is 10. The number of hydrogen-bond acceptors (Lipinski definition) is 23. The highest BCUT2D eigenvalue weighted by molar-refractivity contribution is 7.22. The molecule has 3 aliphatic heterocycles. The fourth-order valence-corrected chi connectivity index (χ4v) is 20.0. The molecule has 4 aliphatic carbocycles. The summed E-state index contributed by atoms with van der Waals surface area (Å²) in [6.07, 6.45) is 2.23. The minimum atomic E-state index is -1.92. The Morgan fingerprint density at radius 2 is 1.53 bits per heavy atom. The van der Waals surface area contributed by atoms with E-state index in [-0.39, 0.29) is 105 Å². The van der Waals surface area contributed by atoms with E-state index >= 15 is 0 Å². The number of aryl methyl sites for hydroxylation is 2. The number of benzene rings is 3. The maximum Gasteiger partial charge on any atom is 0.410 e. The van der Waals surface area contributed by atoms with Gasteiger partial charge in [-0.15, -0.1) is 5.10 Å². The molecule has 1 saturated heterocycles. The number of imide groups is 1. The first-order chi connectivity index (χ1) is 56.3. The van der Waals surface area contributed by atoms with Crippen molar-refractivity contribution >= 4 is 97.7 Å². The molecule has 7 heterocycles. The number of aromatic nitrogens is 7. The summed E-state index contributed by atoms with van der Waals surface area (Å²) in [5, 5.41) is 80.1. The van der Waals surface area contributed by atoms with Gasteiger partial charge in [0.2, 0.25) is 17.7 Å². The molecule has 34 nitrogen and oxygen atoms in total. The second-order valence-corrected chi connectivity index (χ2v) is 34.4. The number of aliphatic hydroxyl groups excluding tert-OH is 3. The third-order valence-corrected chi connectivity index (χ3v) is 24.4. The molecule has 9 amide bonds. The standard InChI is InChI=1S/C83H102N16O18S/c1-47(2)65(90-61(100)21-8-7-11-33-97-62(101)28-29-63(97)102)73(108)87-58(19-13-31-85-77(84)113)72(107)86-52-24-22-50(23-25-52)39-115-79(114)95(32-14-16-53-37-98(94-92-53)74-69(105)67(103)68(104)70(117-74)76(111)112)35-36-116-83-43-80(5)40-81(6,44-83)42-82(41-80,45-83)46-99-49(4)64(48(3)93-99)55-26-27-60(89-66(55)75(109)110)96-34-30-51-15-12-17-54(56(51)38-96)71(106)91-78-88-57-18-9-10-20-59(57)118-78/h9-10,12,15,17-18,20,22-29,37,47,58,65,67-70,74,103-105H,7-8,11,13-14,16,19,21,30-36,38-46H2,1-6H3,(H,86,107)(H,87,108)(H,90,100)(H,109,110)(H,111,112)(H3,84,85,113)(H,88,91,106)/t58-,65-,67-,68-,69+,70-,74+,80?,81?,82?,83?/m0/s1. The van der Waals surface area contributed by atoms with Crippen LogP contribution in [0.4, 0.5) is 26.2 Å². The minimum absolute atomic E-state index is 0.0664. The average Bonchev–Trinajstić information content (AvgIpc) is 0.954. The molecule has 628 valence electrons. The van der Waals surface area contributed by atoms with Crippen molar-refractivity contribution in [3.8, 4) is 11.1 Å². The number of aromatic carboxylic acids is 1. The molecule has 12 N–H and O–H groups in total. The Hall–Kier alpha value is -11.1. The van der Waals surface area contributed by atoms with E-state index in [1.54, 1.807) is 44.2 Å². The number of thiazole rings is 1. The highest BCUT2D eigenvalue weighted by Gasteiger charge is 2.66. The Morgan fingerprint density at radius 1 is 0.788 bits per heavy atom. The summed E-state index contributed by atoms with van der Waals surface area (Å²) >= 11 is 1.40. The number of amides is 9. The number of nitrogens with two attached hydrogens (primary N) is 1. The topological polar surface area (TPSA) is 470 Å². The number of rotatable bonds is 35. The van der Waals surface area contributed by atoms with E-state index in [0.717, 1.165) is 68.7 Å². The number of ether oxygens (including phenoxy) is 3. The van der Waals surface area contributed by atoms with Crippen molar-refractivity contribution in [2.75, 3.05) is 54.9 Å². The van der Waals surface area contributed by atoms with Crippen molar-refractivity contribution in [3.63, 3.8) is 0 Å². The van der Waals surface area contributed by atoms with Gasteiger partial charge in [0.15, 0.2) is 23.2 Å². The summed E-state index contributed by atoms with van der Waals surface area (Å²) in [7, 11) is 0. The van der Waals surface area contributed by atoms with E-state index in [0.29, 0.717) is 108 Å². The Morgan fingerprint density at radius 3 is 2.25 bits per heavy atom. The molecule has 7 aliphatic rings. The third-order valence-electron chi connectivity index (χ3n) is 23.4. The Bertz CT molecular complexity index is 4940. The van der Waals surface area contributed by atoms with Gasteiger partial charge in [0.05, 0.1) is 40.0 Å². The number of pyridine rings is 1. The van der Waals surface area contributed by atoms with Crippen LogP contribution in [0.15, 0.2) is 97.2 Å². The van der Waals surface area contributed by atoms with Crippen molar-refractivity contribution in [2.24, 2.45) is 27.9 Å². The van der Waals surface area contributed by atoms with Gasteiger partial charge in [0.1, 0.15) is 42.8 Å². The number of fused-ring (bicyclic) bond motifs is 2. The van der Waals surface area contributed by atoms with Gasteiger partial charge in [-0.3, -0.25) is 43.7 Å². The molecule has 118 heavy (non-hydrogen) atoms. The first kappa shape index (κ1) is 84.8. The van der Waals surface area contributed by atoms with Crippen LogP contribution in [0.5, 0.6) is 0 Å². The number of para-hydroxylation sites is 1. The van der Waals surface area contributed by atoms with Gasteiger partial charge >= 0.3 is 24.1 Å². The molecule has 2 unspecified atom stereocenters. The highest BCUT2D eigenvalue weighted by Crippen LogP contribution is 2.72. The number of nitrogens with one attached hydrogen (secondary N) is 5. The van der Waals surface area contributed by atoms with Crippen LogP contribution in [0.2, 0.25) is 0 Å². The number of hydrogen-bond donors (Lipinski definition) is 11. The lowest BCUT2D eigenvalue weighted by molar-refractivity contribution is -0.249. The summed E-state index contributed by atoms with van der Waals surface area (Å²) < 4.78 is 22.8. The van der Waals surface area contributed by atoms with Crippen LogP contribution < -0.4 is 37.2 Å². The molecular formula is C83H102N16O18S. The highest BCUT2D eigenvalue weighted by atomic mass is 32.1. The first-order valence-corrected chi connectivity index (χ1v) is 40.9. The molecule has 7 aromatic rings. The normalized spacial score (nSPS) is 23.6. The van der Waals surface area contributed by atoms with Gasteiger partial charge in [-0.05, 0) is 179 Å². The number of unbranched alkanes of at least 4 members (excludes halogenated alkanes) is 2. The number of carboxylic acids is 2. The molecule has 5 fully saturated rings. The van der Waals surface area contributed by atoms with Crippen LogP contribution in [0, 0.1) is 36.0 Å². The van der Waals surface area contributed by atoms with Gasteiger partial charge in [-0.1, -0.05) is 87.1 Å². The van der Waals surface area contributed by atoms with E-state index < -0.39 is 96.0 Å². The number of primary amides is 1. The number of carboxylic acid groups (broad SMARTS) is 2. The number of carbonyl (C=O) groups excluding carboxylic acids is 8. The SMILES string of the molecule is Cc1nn(CC23CC4(C)CC(C)(C2)CC(OCCN(CCCc2cn([C@@H]5O[C@H](C(=O)O)[C@@H](O)[C@H](O)[C@H]5O)nn2)C(=O)OCc2ccc(NC(=O)[C@H](CCCNC(N)=O)NC(=O)[C@@H](NC(=O)CCCCCN5C(=O)C=CC5=O)C(C)C)cc2)(C4)C3)c(C)c1-c1ccc(N2CCc3cccc(C(=O)Nc4nc5ccccc5s4)c3C2)nc1C(=O)O. The summed E-state index contributed by atoms with van der Waals surface area (Å²) in [5.74, 6) is -5.35. The zero-order valence-corrected chi connectivity index (χ0v) is 67.6. The fraction of sp³-hybridized carbons (Fsp3) is 0.506.